The Hall–Kier alpha value is -4.73. The van der Waals surface area contributed by atoms with Crippen LogP contribution < -0.4 is 15.4 Å². The zero-order chi connectivity index (χ0) is 24.0. The van der Waals surface area contributed by atoms with Crippen LogP contribution in [0.3, 0.4) is 0 Å². The first kappa shape index (κ1) is 22.1. The van der Waals surface area contributed by atoms with Crippen LogP contribution in [-0.4, -0.2) is 43.1 Å². The third kappa shape index (κ3) is 4.96. The van der Waals surface area contributed by atoms with E-state index in [2.05, 4.69) is 19.9 Å². The molecule has 0 fully saturated rings. The molecular weight excluding hydrogens is 444 g/mol. The van der Waals surface area contributed by atoms with Crippen LogP contribution in [0.25, 0.3) is 22.7 Å². The Bertz CT molecular complexity index is 1370. The second-order valence-electron chi connectivity index (χ2n) is 7.74. The van der Waals surface area contributed by atoms with Crippen molar-refractivity contribution in [2.45, 2.75) is 13.0 Å². The molecular formula is C25H24N8O2. The number of rotatable bonds is 9. The number of imidazole rings is 1. The molecule has 5 aromatic rings. The van der Waals surface area contributed by atoms with Gasteiger partial charge < -0.3 is 24.4 Å². The van der Waals surface area contributed by atoms with E-state index in [0.29, 0.717) is 29.8 Å². The van der Waals surface area contributed by atoms with E-state index in [4.69, 9.17) is 19.9 Å². The Morgan fingerprint density at radius 1 is 1.06 bits per heavy atom. The van der Waals surface area contributed by atoms with E-state index in [-0.39, 0.29) is 5.95 Å². The maximum Gasteiger partial charge on any atom is 0.235 e. The highest BCUT2D eigenvalue weighted by molar-refractivity contribution is 5.72. The van der Waals surface area contributed by atoms with E-state index in [0.717, 1.165) is 29.8 Å². The quantitative estimate of drug-likeness (QED) is 0.339. The molecule has 10 nitrogen and oxygen atoms in total. The fraction of sp³-hybridized carbons (Fsp3) is 0.160. The number of oxazole rings is 1. The largest absolute Gasteiger partial charge is 0.496 e. The number of benzene rings is 2. The predicted molar refractivity (Wildman–Crippen MR) is 132 cm³/mol. The van der Waals surface area contributed by atoms with E-state index in [1.165, 1.54) is 6.39 Å². The Balaban J connectivity index is 1.53. The number of hydrogen-bond acceptors (Lipinski definition) is 9. The summed E-state index contributed by atoms with van der Waals surface area (Å²) in [5.41, 5.74) is 8.62. The molecule has 0 amide bonds. The minimum Gasteiger partial charge on any atom is -0.496 e. The number of nitrogen functional groups attached to an aromatic ring is 1. The lowest BCUT2D eigenvalue weighted by Crippen LogP contribution is -2.23. The highest BCUT2D eigenvalue weighted by Gasteiger charge is 2.19. The van der Waals surface area contributed by atoms with Crippen LogP contribution in [0.1, 0.15) is 6.42 Å². The number of ether oxygens (including phenoxy) is 1. The number of methoxy groups -OCH3 is 1. The third-order valence-corrected chi connectivity index (χ3v) is 5.47. The number of anilines is 3. The van der Waals surface area contributed by atoms with Crippen molar-refractivity contribution in [3.8, 4) is 28.5 Å². The Morgan fingerprint density at radius 2 is 1.94 bits per heavy atom. The molecule has 176 valence electrons. The van der Waals surface area contributed by atoms with Crippen molar-refractivity contribution in [3.63, 3.8) is 0 Å². The number of nitrogens with zero attached hydrogens (tertiary/aromatic N) is 7. The lowest BCUT2D eigenvalue weighted by Gasteiger charge is -2.24. The van der Waals surface area contributed by atoms with Gasteiger partial charge in [-0.3, -0.25) is 0 Å². The van der Waals surface area contributed by atoms with Crippen LogP contribution in [-0.2, 0) is 6.54 Å². The summed E-state index contributed by atoms with van der Waals surface area (Å²) in [6.07, 6.45) is 9.36. The number of aryl methyl sites for hydroxylation is 1. The second-order valence-corrected chi connectivity index (χ2v) is 7.74. The van der Waals surface area contributed by atoms with Gasteiger partial charge in [-0.15, -0.1) is 0 Å². The monoisotopic (exact) mass is 468 g/mol. The van der Waals surface area contributed by atoms with Crippen molar-refractivity contribution in [2.75, 3.05) is 24.3 Å². The summed E-state index contributed by atoms with van der Waals surface area (Å²) in [6, 6.07) is 15.5. The summed E-state index contributed by atoms with van der Waals surface area (Å²) < 4.78 is 13.2. The fourth-order valence-electron chi connectivity index (χ4n) is 3.79. The summed E-state index contributed by atoms with van der Waals surface area (Å²) in [4.78, 5) is 23.7. The first-order valence-electron chi connectivity index (χ1n) is 11.1. The summed E-state index contributed by atoms with van der Waals surface area (Å²) >= 11 is 0. The highest BCUT2D eigenvalue weighted by Crippen LogP contribution is 2.35. The van der Waals surface area contributed by atoms with Gasteiger partial charge in [-0.05, 0) is 18.6 Å². The topological polar surface area (TPSA) is 121 Å². The molecule has 0 bridgehead atoms. The van der Waals surface area contributed by atoms with Crippen LogP contribution in [0.15, 0.2) is 84.3 Å². The van der Waals surface area contributed by atoms with Crippen molar-refractivity contribution in [1.82, 2.24) is 29.5 Å². The van der Waals surface area contributed by atoms with E-state index < -0.39 is 0 Å². The number of nitrogens with two attached hydrogens (primary N) is 1. The summed E-state index contributed by atoms with van der Waals surface area (Å²) in [6.45, 7) is 1.41. The van der Waals surface area contributed by atoms with Gasteiger partial charge in [0.2, 0.25) is 11.9 Å². The molecule has 0 unspecified atom stereocenters. The molecule has 2 N–H and O–H groups in total. The lowest BCUT2D eigenvalue weighted by molar-refractivity contribution is 0.414. The minimum absolute atomic E-state index is 0.152. The van der Waals surface area contributed by atoms with Gasteiger partial charge in [-0.25, -0.2) is 9.97 Å². The first-order valence-corrected chi connectivity index (χ1v) is 11.1. The second kappa shape index (κ2) is 10.0. The summed E-state index contributed by atoms with van der Waals surface area (Å²) in [7, 11) is 1.62. The van der Waals surface area contributed by atoms with E-state index >= 15 is 0 Å². The maximum absolute atomic E-state index is 6.12. The minimum atomic E-state index is 0.152. The van der Waals surface area contributed by atoms with Gasteiger partial charge in [0.05, 0.1) is 25.2 Å². The molecule has 0 aliphatic heterocycles. The number of hydrogen-bond donors (Lipinski definition) is 1. The van der Waals surface area contributed by atoms with Gasteiger partial charge in [0.1, 0.15) is 5.75 Å². The Labute approximate surface area is 202 Å². The van der Waals surface area contributed by atoms with Crippen LogP contribution >= 0.6 is 0 Å². The third-order valence-electron chi connectivity index (χ3n) is 5.47. The van der Waals surface area contributed by atoms with Gasteiger partial charge in [0.25, 0.3) is 0 Å². The Morgan fingerprint density at radius 3 is 2.69 bits per heavy atom. The van der Waals surface area contributed by atoms with Gasteiger partial charge >= 0.3 is 0 Å². The van der Waals surface area contributed by atoms with Crippen molar-refractivity contribution in [1.29, 1.82) is 0 Å². The lowest BCUT2D eigenvalue weighted by atomic mass is 10.1. The van der Waals surface area contributed by atoms with Gasteiger partial charge in [0.15, 0.2) is 18.0 Å². The first-order chi connectivity index (χ1) is 17.2. The molecule has 0 aliphatic rings. The molecule has 0 saturated heterocycles. The molecule has 3 aromatic heterocycles. The summed E-state index contributed by atoms with van der Waals surface area (Å²) in [5, 5.41) is 0. The van der Waals surface area contributed by atoms with Crippen LogP contribution in [0.2, 0.25) is 0 Å². The van der Waals surface area contributed by atoms with Crippen molar-refractivity contribution >= 4 is 17.6 Å². The molecule has 35 heavy (non-hydrogen) atoms. The maximum atomic E-state index is 6.12. The van der Waals surface area contributed by atoms with E-state index in [1.54, 1.807) is 25.8 Å². The predicted octanol–water partition coefficient (Wildman–Crippen LogP) is 4.21. The van der Waals surface area contributed by atoms with E-state index in [9.17, 15) is 0 Å². The molecule has 2 aromatic carbocycles. The molecule has 0 atom stereocenters. The van der Waals surface area contributed by atoms with Crippen molar-refractivity contribution in [3.05, 3.63) is 79.8 Å². The summed E-state index contributed by atoms with van der Waals surface area (Å²) in [5.74, 6) is 2.38. The van der Waals surface area contributed by atoms with Gasteiger partial charge in [-0.2, -0.15) is 15.0 Å². The van der Waals surface area contributed by atoms with Crippen LogP contribution in [0.5, 0.6) is 5.75 Å². The zero-order valence-corrected chi connectivity index (χ0v) is 19.2. The molecule has 5 rings (SSSR count). The van der Waals surface area contributed by atoms with Crippen LogP contribution in [0.4, 0.5) is 17.6 Å². The fourth-order valence-corrected chi connectivity index (χ4v) is 3.79. The molecule has 0 saturated carbocycles. The molecule has 10 heteroatoms. The van der Waals surface area contributed by atoms with Gasteiger partial charge in [-0.1, -0.05) is 30.3 Å². The van der Waals surface area contributed by atoms with E-state index in [1.807, 2.05) is 64.2 Å². The average molecular weight is 469 g/mol. The standard InChI is InChI=1S/C25H24N8O2/c1-34-21-14-19(8-9-20(21)22-15-28-17-35-22)33(12-5-11-32-13-10-27-16-32)25-30-23(29-24(26)31-25)18-6-3-2-4-7-18/h2-4,6-10,13-17H,5,11-12H2,1H3,(H2,26,29,30,31). The normalized spacial score (nSPS) is 10.9. The highest BCUT2D eigenvalue weighted by atomic mass is 16.5. The SMILES string of the molecule is COc1cc(N(CCCn2ccnc2)c2nc(N)nc(-c3ccccc3)n2)ccc1-c1cnco1. The van der Waals surface area contributed by atoms with Gasteiger partial charge in [0, 0.05) is 42.8 Å². The van der Waals surface area contributed by atoms with Crippen molar-refractivity contribution < 1.29 is 9.15 Å². The average Bonchev–Trinajstić information content (AvgIpc) is 3.61. The molecule has 0 aliphatic carbocycles. The zero-order valence-electron chi connectivity index (χ0n) is 19.2. The smallest absolute Gasteiger partial charge is 0.235 e. The molecule has 3 heterocycles. The van der Waals surface area contributed by atoms with Crippen LogP contribution in [0, 0.1) is 0 Å². The molecule has 0 radical (unpaired) electrons. The van der Waals surface area contributed by atoms with Crippen molar-refractivity contribution in [2.24, 2.45) is 0 Å². The molecule has 0 spiro atoms. The number of aromatic nitrogens is 6. The Kier molecular flexibility index (Phi) is 6.33.